The third-order valence-electron chi connectivity index (χ3n) is 7.35. The van der Waals surface area contributed by atoms with Crippen LogP contribution in [0.25, 0.3) is 0 Å². The summed E-state index contributed by atoms with van der Waals surface area (Å²) in [6, 6.07) is 0. The number of carbonyl (C=O) groups excluding carboxylic acids is 1. The summed E-state index contributed by atoms with van der Waals surface area (Å²) in [5.74, 6) is 2.36. The molecule has 112 valence electrons. The number of carbonyl (C=O) groups is 1. The Bertz CT molecular complexity index is 581. The van der Waals surface area contributed by atoms with Crippen molar-refractivity contribution in [3.05, 3.63) is 36.0 Å². The minimum absolute atomic E-state index is 0.107. The third-order valence-corrected chi connectivity index (χ3v) is 7.35. The van der Waals surface area contributed by atoms with Crippen LogP contribution >= 0.6 is 0 Å². The average molecular weight is 282 g/mol. The lowest BCUT2D eigenvalue weighted by molar-refractivity contribution is -0.129. The van der Waals surface area contributed by atoms with E-state index in [1.165, 1.54) is 25.7 Å². The predicted molar refractivity (Wildman–Crippen MR) is 85.8 cm³/mol. The lowest BCUT2D eigenvalue weighted by Crippen LogP contribution is -2.49. The van der Waals surface area contributed by atoms with Gasteiger partial charge in [-0.1, -0.05) is 38.7 Å². The van der Waals surface area contributed by atoms with Gasteiger partial charge in [-0.15, -0.1) is 0 Å². The normalized spacial score (nSPS) is 48.5. The Morgan fingerprint density at radius 1 is 1.19 bits per heavy atom. The molecule has 4 aliphatic rings. The molecule has 0 radical (unpaired) electrons. The third kappa shape index (κ3) is 1.61. The van der Waals surface area contributed by atoms with Crippen molar-refractivity contribution in [3.8, 4) is 0 Å². The van der Waals surface area contributed by atoms with E-state index in [0.29, 0.717) is 23.0 Å². The second-order valence-corrected chi connectivity index (χ2v) is 8.22. The second kappa shape index (κ2) is 4.21. The lowest BCUT2D eigenvalue weighted by atomic mass is 9.49. The molecule has 0 aromatic rings. The van der Waals surface area contributed by atoms with E-state index in [4.69, 9.17) is 0 Å². The van der Waals surface area contributed by atoms with Gasteiger partial charge in [-0.2, -0.15) is 0 Å². The molecule has 5 atom stereocenters. The summed E-state index contributed by atoms with van der Waals surface area (Å²) < 4.78 is 0. The van der Waals surface area contributed by atoms with Gasteiger partial charge in [0.05, 0.1) is 0 Å². The van der Waals surface area contributed by atoms with Gasteiger partial charge in [0.1, 0.15) is 0 Å². The van der Waals surface area contributed by atoms with Crippen molar-refractivity contribution >= 4 is 5.78 Å². The van der Waals surface area contributed by atoms with E-state index in [1.807, 2.05) is 0 Å². The Kier molecular flexibility index (Phi) is 2.72. The summed E-state index contributed by atoms with van der Waals surface area (Å²) in [6.45, 7) is 8.76. The maximum Gasteiger partial charge on any atom is 0.164 e. The molecule has 0 N–H and O–H groups in total. The summed E-state index contributed by atoms with van der Waals surface area (Å²) in [4.78, 5) is 12.6. The summed E-state index contributed by atoms with van der Waals surface area (Å²) in [7, 11) is 0. The first kappa shape index (κ1) is 13.5. The van der Waals surface area contributed by atoms with Gasteiger partial charge in [0, 0.05) is 5.41 Å². The van der Waals surface area contributed by atoms with E-state index < -0.39 is 0 Å². The monoisotopic (exact) mass is 282 g/mol. The van der Waals surface area contributed by atoms with E-state index in [1.54, 1.807) is 5.57 Å². The highest BCUT2D eigenvalue weighted by Crippen LogP contribution is 2.63. The first-order valence-electron chi connectivity index (χ1n) is 8.56. The summed E-state index contributed by atoms with van der Waals surface area (Å²) in [6.07, 6.45) is 14.1. The van der Waals surface area contributed by atoms with Crippen LogP contribution in [0.4, 0.5) is 0 Å². The largest absolute Gasteiger partial charge is 0.294 e. The van der Waals surface area contributed by atoms with Gasteiger partial charge in [0.25, 0.3) is 0 Å². The highest BCUT2D eigenvalue weighted by atomic mass is 16.1. The SMILES string of the molecule is C=C1C[C@H]2[C@@H]3CC=C4C=CCC[C@]4(C)[C@@H]3CC[C@]2(C)C1=O. The Morgan fingerprint density at radius 3 is 2.81 bits per heavy atom. The molecule has 0 amide bonds. The van der Waals surface area contributed by atoms with Gasteiger partial charge < -0.3 is 0 Å². The number of ketones is 1. The molecule has 0 unspecified atom stereocenters. The first-order valence-corrected chi connectivity index (χ1v) is 8.56. The lowest BCUT2D eigenvalue weighted by Gasteiger charge is -2.55. The Morgan fingerprint density at radius 2 is 2.00 bits per heavy atom. The molecule has 0 spiro atoms. The Labute approximate surface area is 128 Å². The number of fused-ring (bicyclic) bond motifs is 5. The van der Waals surface area contributed by atoms with Gasteiger partial charge in [0.2, 0.25) is 0 Å². The van der Waals surface area contributed by atoms with E-state index in [0.717, 1.165) is 24.3 Å². The van der Waals surface area contributed by atoms with Gasteiger partial charge in [-0.25, -0.2) is 0 Å². The minimum Gasteiger partial charge on any atom is -0.294 e. The van der Waals surface area contributed by atoms with E-state index in [9.17, 15) is 4.79 Å². The van der Waals surface area contributed by atoms with Crippen LogP contribution in [0.5, 0.6) is 0 Å². The van der Waals surface area contributed by atoms with Crippen LogP contribution in [-0.4, -0.2) is 5.78 Å². The van der Waals surface area contributed by atoms with Crippen molar-refractivity contribution in [2.24, 2.45) is 28.6 Å². The molecule has 0 aromatic heterocycles. The van der Waals surface area contributed by atoms with Crippen molar-refractivity contribution < 1.29 is 4.79 Å². The Balaban J connectivity index is 1.75. The number of allylic oxidation sites excluding steroid dienone is 5. The van der Waals surface area contributed by atoms with Gasteiger partial charge in [-0.3, -0.25) is 4.79 Å². The van der Waals surface area contributed by atoms with Crippen LogP contribution in [0.2, 0.25) is 0 Å². The fraction of sp³-hybridized carbons (Fsp3) is 0.650. The van der Waals surface area contributed by atoms with Crippen molar-refractivity contribution in [3.63, 3.8) is 0 Å². The molecular formula is C20H26O. The van der Waals surface area contributed by atoms with Crippen molar-refractivity contribution in [2.45, 2.75) is 52.4 Å². The molecule has 0 aliphatic heterocycles. The van der Waals surface area contributed by atoms with Crippen molar-refractivity contribution in [1.29, 1.82) is 0 Å². The molecule has 0 aromatic carbocycles. The molecule has 2 saturated carbocycles. The van der Waals surface area contributed by atoms with Crippen LogP contribution in [0.15, 0.2) is 36.0 Å². The number of hydrogen-bond acceptors (Lipinski definition) is 1. The maximum absolute atomic E-state index is 12.6. The van der Waals surface area contributed by atoms with Crippen LogP contribution in [-0.2, 0) is 4.79 Å². The molecule has 4 rings (SSSR count). The molecule has 1 nitrogen and oxygen atoms in total. The van der Waals surface area contributed by atoms with Crippen molar-refractivity contribution in [2.75, 3.05) is 0 Å². The molecule has 1 heteroatoms. The molecule has 4 aliphatic carbocycles. The molecule has 21 heavy (non-hydrogen) atoms. The molecule has 0 saturated heterocycles. The smallest absolute Gasteiger partial charge is 0.164 e. The van der Waals surface area contributed by atoms with E-state index in [2.05, 4.69) is 38.7 Å². The standard InChI is InChI=1S/C20H26O/c1-13-12-17-15-8-7-14-6-4-5-10-19(14,2)16(15)9-11-20(17,3)18(13)21/h4,6-7,15-17H,1,5,8-12H2,2-3H3/t15-,16-,17+,19+,20+/m1/s1. The molecule has 0 bridgehead atoms. The maximum atomic E-state index is 12.6. The number of hydrogen-bond donors (Lipinski definition) is 0. The molecular weight excluding hydrogens is 256 g/mol. The molecule has 2 fully saturated rings. The van der Waals surface area contributed by atoms with E-state index in [-0.39, 0.29) is 5.41 Å². The second-order valence-electron chi connectivity index (χ2n) is 8.22. The number of Topliss-reactive ketones (excluding diaryl/α,β-unsaturated/α-hetero) is 1. The summed E-state index contributed by atoms with van der Waals surface area (Å²) in [5.41, 5.74) is 2.71. The predicted octanol–water partition coefficient (Wildman–Crippen LogP) is 4.85. The van der Waals surface area contributed by atoms with Gasteiger partial charge in [-0.05, 0) is 72.8 Å². The topological polar surface area (TPSA) is 17.1 Å². The minimum atomic E-state index is -0.107. The molecule has 0 heterocycles. The zero-order valence-corrected chi connectivity index (χ0v) is 13.3. The van der Waals surface area contributed by atoms with Crippen LogP contribution in [0, 0.1) is 28.6 Å². The summed E-state index contributed by atoms with van der Waals surface area (Å²) in [5, 5.41) is 0. The van der Waals surface area contributed by atoms with E-state index >= 15 is 0 Å². The van der Waals surface area contributed by atoms with Crippen molar-refractivity contribution in [1.82, 2.24) is 0 Å². The Hall–Kier alpha value is -1.11. The first-order chi connectivity index (χ1) is 9.97. The highest BCUT2D eigenvalue weighted by molar-refractivity contribution is 6.02. The van der Waals surface area contributed by atoms with Crippen LogP contribution in [0.1, 0.15) is 52.4 Å². The highest BCUT2D eigenvalue weighted by Gasteiger charge is 2.58. The zero-order valence-electron chi connectivity index (χ0n) is 13.3. The fourth-order valence-corrected chi connectivity index (χ4v) is 6.04. The summed E-state index contributed by atoms with van der Waals surface area (Å²) >= 11 is 0. The van der Waals surface area contributed by atoms with Crippen LogP contribution < -0.4 is 0 Å². The quantitative estimate of drug-likeness (QED) is 0.580. The average Bonchev–Trinajstić information content (AvgIpc) is 2.70. The number of rotatable bonds is 0. The fourth-order valence-electron chi connectivity index (χ4n) is 6.04. The van der Waals surface area contributed by atoms with Gasteiger partial charge >= 0.3 is 0 Å². The van der Waals surface area contributed by atoms with Crippen LogP contribution in [0.3, 0.4) is 0 Å². The zero-order chi connectivity index (χ0) is 14.8. The van der Waals surface area contributed by atoms with Gasteiger partial charge in [0.15, 0.2) is 5.78 Å².